The minimum atomic E-state index is -0.488. The molecule has 1 aromatic heterocycles. The highest BCUT2D eigenvalue weighted by molar-refractivity contribution is 6.34. The number of hydrogen-bond donors (Lipinski definition) is 2. The molecule has 2 amide bonds. The first-order chi connectivity index (χ1) is 16.7. The van der Waals surface area contributed by atoms with Gasteiger partial charge >= 0.3 is 0 Å². The molecule has 0 fully saturated rings. The van der Waals surface area contributed by atoms with E-state index in [1.807, 2.05) is 26.0 Å². The summed E-state index contributed by atoms with van der Waals surface area (Å²) in [5, 5.41) is 10.5. The third-order valence-corrected chi connectivity index (χ3v) is 6.83. The maximum absolute atomic E-state index is 12.8. The molecule has 3 aromatic rings. The summed E-state index contributed by atoms with van der Waals surface area (Å²) in [4.78, 5) is 25.6. The predicted molar refractivity (Wildman–Crippen MR) is 138 cm³/mol. The summed E-state index contributed by atoms with van der Waals surface area (Å²) in [5.41, 5.74) is 5.32. The number of hydrogen-bond acceptors (Lipinski definition) is 4. The molecular weight excluding hydrogens is 464 g/mol. The summed E-state index contributed by atoms with van der Waals surface area (Å²) in [6.45, 7) is 5.59. The minimum absolute atomic E-state index is 0.0651. The van der Waals surface area contributed by atoms with E-state index in [2.05, 4.69) is 27.9 Å². The Kier molecular flexibility index (Phi) is 7.45. The third kappa shape index (κ3) is 5.68. The van der Waals surface area contributed by atoms with Gasteiger partial charge in [0, 0.05) is 17.8 Å². The summed E-state index contributed by atoms with van der Waals surface area (Å²) < 4.78 is 7.03. The first kappa shape index (κ1) is 24.8. The van der Waals surface area contributed by atoms with Crippen molar-refractivity contribution in [2.24, 2.45) is 0 Å². The van der Waals surface area contributed by atoms with Crippen LogP contribution in [0, 0.1) is 13.8 Å². The number of carbonyl (C=O) groups is 2. The van der Waals surface area contributed by atoms with E-state index in [-0.39, 0.29) is 17.7 Å². The molecule has 2 unspecified atom stereocenters. The van der Waals surface area contributed by atoms with E-state index in [0.29, 0.717) is 22.8 Å². The second kappa shape index (κ2) is 10.5. The van der Waals surface area contributed by atoms with E-state index in [1.165, 1.54) is 11.1 Å². The molecule has 0 spiro atoms. The number of nitrogens with zero attached hydrogens (tertiary/aromatic N) is 2. The van der Waals surface area contributed by atoms with Gasteiger partial charge in [-0.05, 0) is 93.5 Å². The fraction of sp³-hybridized carbons (Fsp3) is 0.370. The standard InChI is InChI=1S/C27H31ClN4O3/c1-16-12-17(2)32(31-16)18(3)27(34)30-25-11-8-21(15-24(25)28)29-26(33)14-20-7-5-6-19-13-22(35-4)9-10-23(19)20/h8-13,15,18,20H,5-7,14H2,1-4H3,(H,29,33)(H,30,34). The quantitative estimate of drug-likeness (QED) is 0.434. The van der Waals surface area contributed by atoms with Crippen LogP contribution in [0.5, 0.6) is 5.75 Å². The molecule has 7 nitrogen and oxygen atoms in total. The summed E-state index contributed by atoms with van der Waals surface area (Å²) in [5.74, 6) is 0.738. The van der Waals surface area contributed by atoms with Crippen molar-refractivity contribution in [1.82, 2.24) is 9.78 Å². The first-order valence-corrected chi connectivity index (χ1v) is 12.2. The van der Waals surface area contributed by atoms with Gasteiger partial charge in [0.2, 0.25) is 11.8 Å². The topological polar surface area (TPSA) is 85.3 Å². The van der Waals surface area contributed by atoms with Gasteiger partial charge < -0.3 is 15.4 Å². The number of nitrogens with one attached hydrogen (secondary N) is 2. The van der Waals surface area contributed by atoms with Gasteiger partial charge in [0.25, 0.3) is 0 Å². The molecule has 2 aromatic carbocycles. The smallest absolute Gasteiger partial charge is 0.248 e. The second-order valence-corrected chi connectivity index (χ2v) is 9.54. The Hall–Kier alpha value is -3.32. The van der Waals surface area contributed by atoms with E-state index in [4.69, 9.17) is 16.3 Å². The van der Waals surface area contributed by atoms with Crippen molar-refractivity contribution in [3.63, 3.8) is 0 Å². The number of fused-ring (bicyclic) bond motifs is 1. The van der Waals surface area contributed by atoms with Crippen LogP contribution in [0.2, 0.25) is 5.02 Å². The number of anilines is 2. The van der Waals surface area contributed by atoms with Crippen LogP contribution in [0.25, 0.3) is 0 Å². The van der Waals surface area contributed by atoms with Gasteiger partial charge in [-0.2, -0.15) is 5.10 Å². The Morgan fingerprint density at radius 3 is 2.66 bits per heavy atom. The van der Waals surface area contributed by atoms with Crippen molar-refractivity contribution in [1.29, 1.82) is 0 Å². The molecular formula is C27H31ClN4O3. The number of amides is 2. The molecule has 0 bridgehead atoms. The number of methoxy groups -OCH3 is 1. The van der Waals surface area contributed by atoms with Gasteiger partial charge in [-0.15, -0.1) is 0 Å². The Morgan fingerprint density at radius 2 is 1.97 bits per heavy atom. The zero-order valence-corrected chi connectivity index (χ0v) is 21.3. The van der Waals surface area contributed by atoms with Gasteiger partial charge in [0.05, 0.1) is 23.5 Å². The van der Waals surface area contributed by atoms with Crippen LogP contribution in [-0.4, -0.2) is 28.7 Å². The molecule has 2 N–H and O–H groups in total. The van der Waals surface area contributed by atoms with Gasteiger partial charge in [-0.1, -0.05) is 17.7 Å². The number of rotatable bonds is 7. The summed E-state index contributed by atoms with van der Waals surface area (Å²) in [7, 11) is 1.67. The summed E-state index contributed by atoms with van der Waals surface area (Å²) >= 11 is 6.43. The van der Waals surface area contributed by atoms with Crippen molar-refractivity contribution in [2.75, 3.05) is 17.7 Å². The Morgan fingerprint density at radius 1 is 1.17 bits per heavy atom. The lowest BCUT2D eigenvalue weighted by atomic mass is 9.81. The molecule has 2 atom stereocenters. The lowest BCUT2D eigenvalue weighted by molar-refractivity contribution is -0.119. The fourth-order valence-electron chi connectivity index (χ4n) is 4.75. The van der Waals surface area contributed by atoms with Gasteiger partial charge in [0.15, 0.2) is 0 Å². The molecule has 1 heterocycles. The maximum atomic E-state index is 12.8. The molecule has 1 aliphatic carbocycles. The molecule has 4 rings (SSSR count). The highest BCUT2D eigenvalue weighted by Gasteiger charge is 2.24. The zero-order valence-electron chi connectivity index (χ0n) is 20.5. The van der Waals surface area contributed by atoms with Crippen molar-refractivity contribution in [3.8, 4) is 5.75 Å². The number of aromatic nitrogens is 2. The van der Waals surface area contributed by atoms with E-state index in [0.717, 1.165) is 36.4 Å². The molecule has 8 heteroatoms. The Balaban J connectivity index is 1.38. The van der Waals surface area contributed by atoms with Gasteiger partial charge in [-0.25, -0.2) is 0 Å². The third-order valence-electron chi connectivity index (χ3n) is 6.52. The molecule has 35 heavy (non-hydrogen) atoms. The molecule has 0 saturated carbocycles. The highest BCUT2D eigenvalue weighted by Crippen LogP contribution is 2.36. The van der Waals surface area contributed by atoms with Gasteiger partial charge in [-0.3, -0.25) is 14.3 Å². The lowest BCUT2D eigenvalue weighted by Gasteiger charge is -2.25. The van der Waals surface area contributed by atoms with E-state index >= 15 is 0 Å². The largest absolute Gasteiger partial charge is 0.497 e. The van der Waals surface area contributed by atoms with Crippen LogP contribution in [0.4, 0.5) is 11.4 Å². The van der Waals surface area contributed by atoms with Gasteiger partial charge in [0.1, 0.15) is 11.8 Å². The van der Waals surface area contributed by atoms with E-state index in [1.54, 1.807) is 36.9 Å². The maximum Gasteiger partial charge on any atom is 0.248 e. The Bertz CT molecular complexity index is 1250. The van der Waals surface area contributed by atoms with Crippen LogP contribution in [0.3, 0.4) is 0 Å². The molecule has 1 aliphatic rings. The van der Waals surface area contributed by atoms with Crippen LogP contribution < -0.4 is 15.4 Å². The van der Waals surface area contributed by atoms with Crippen LogP contribution >= 0.6 is 11.6 Å². The second-order valence-electron chi connectivity index (χ2n) is 9.14. The number of carbonyl (C=O) groups excluding carboxylic acids is 2. The molecule has 0 aliphatic heterocycles. The Labute approximate surface area is 210 Å². The molecule has 0 saturated heterocycles. The first-order valence-electron chi connectivity index (χ1n) is 11.8. The summed E-state index contributed by atoms with van der Waals surface area (Å²) in [6, 6.07) is 12.6. The lowest BCUT2D eigenvalue weighted by Crippen LogP contribution is -2.25. The number of benzene rings is 2. The monoisotopic (exact) mass is 494 g/mol. The number of halogens is 1. The van der Waals surface area contributed by atoms with E-state index in [9.17, 15) is 9.59 Å². The van der Waals surface area contributed by atoms with Crippen LogP contribution in [-0.2, 0) is 16.0 Å². The van der Waals surface area contributed by atoms with Crippen LogP contribution in [0.1, 0.15) is 60.7 Å². The predicted octanol–water partition coefficient (Wildman–Crippen LogP) is 5.81. The van der Waals surface area contributed by atoms with E-state index < -0.39 is 6.04 Å². The average molecular weight is 495 g/mol. The summed E-state index contributed by atoms with van der Waals surface area (Å²) in [6.07, 6.45) is 3.43. The minimum Gasteiger partial charge on any atom is -0.497 e. The van der Waals surface area contributed by atoms with Crippen molar-refractivity contribution < 1.29 is 14.3 Å². The van der Waals surface area contributed by atoms with Crippen molar-refractivity contribution in [3.05, 3.63) is 70.0 Å². The SMILES string of the molecule is COc1ccc2c(c1)CCCC2CC(=O)Nc1ccc(NC(=O)C(C)n2nc(C)cc2C)c(Cl)c1. The van der Waals surface area contributed by atoms with Crippen LogP contribution in [0.15, 0.2) is 42.5 Å². The highest BCUT2D eigenvalue weighted by atomic mass is 35.5. The molecule has 184 valence electrons. The normalized spacial score (nSPS) is 15.7. The molecule has 0 radical (unpaired) electrons. The zero-order chi connectivity index (χ0) is 25.1. The van der Waals surface area contributed by atoms with Crippen molar-refractivity contribution in [2.45, 2.75) is 58.4 Å². The number of aryl methyl sites for hydroxylation is 3. The van der Waals surface area contributed by atoms with Crippen molar-refractivity contribution >= 4 is 34.8 Å². The average Bonchev–Trinajstić information content (AvgIpc) is 3.17. The number of ether oxygens (including phenoxy) is 1. The fourth-order valence-corrected chi connectivity index (χ4v) is 4.97.